The van der Waals surface area contributed by atoms with Crippen molar-refractivity contribution in [2.75, 3.05) is 13.1 Å². The van der Waals surface area contributed by atoms with Gasteiger partial charge in [0.15, 0.2) is 0 Å². The molecule has 1 aliphatic rings. The number of hydrogen-bond donors (Lipinski definition) is 0. The molecule has 4 rings (SSSR count). The average Bonchev–Trinajstić information content (AvgIpc) is 3.17. The normalized spacial score (nSPS) is 14.5. The van der Waals surface area contributed by atoms with Crippen LogP contribution in [0, 0.1) is 13.8 Å². The molecule has 1 amide bonds. The third-order valence-corrected chi connectivity index (χ3v) is 5.24. The third-order valence-electron chi connectivity index (χ3n) is 5.24. The summed E-state index contributed by atoms with van der Waals surface area (Å²) in [5, 5.41) is 7.52. The maximum Gasteiger partial charge on any atom is 0.253 e. The Hall–Kier alpha value is -3.35. The van der Waals surface area contributed by atoms with Crippen LogP contribution >= 0.6 is 0 Å². The molecule has 1 fully saturated rings. The lowest BCUT2D eigenvalue weighted by molar-refractivity contribution is 0.0595. The minimum absolute atomic E-state index is 0.0344. The second-order valence-corrected chi connectivity index (χ2v) is 7.54. The molecule has 7 heteroatoms. The van der Waals surface area contributed by atoms with Gasteiger partial charge in [0.1, 0.15) is 35.6 Å². The van der Waals surface area contributed by atoms with Crippen LogP contribution in [-0.2, 0) is 6.61 Å². The lowest BCUT2D eigenvalue weighted by atomic mass is 10.1. The fraction of sp³-hybridized carbons (Fsp3) is 0.348. The van der Waals surface area contributed by atoms with Crippen molar-refractivity contribution in [3.63, 3.8) is 0 Å². The quantitative estimate of drug-likeness (QED) is 0.616. The Labute approximate surface area is 175 Å². The number of aromatic nitrogens is 2. The lowest BCUT2D eigenvalue weighted by Crippen LogP contribution is -2.41. The monoisotopic (exact) mass is 407 g/mol. The number of carbonyl (C=O) groups is 1. The van der Waals surface area contributed by atoms with Crippen molar-refractivity contribution < 1.29 is 18.9 Å². The summed E-state index contributed by atoms with van der Waals surface area (Å²) in [4.78, 5) is 14.7. The van der Waals surface area contributed by atoms with Gasteiger partial charge in [0.2, 0.25) is 0 Å². The molecule has 1 aliphatic heterocycles. The topological polar surface area (TPSA) is 77.7 Å². The second kappa shape index (κ2) is 8.98. The maximum atomic E-state index is 12.8. The van der Waals surface area contributed by atoms with E-state index in [-0.39, 0.29) is 18.6 Å². The van der Waals surface area contributed by atoms with E-state index in [0.29, 0.717) is 35.8 Å². The molecule has 0 atom stereocenters. The predicted molar refractivity (Wildman–Crippen MR) is 111 cm³/mol. The van der Waals surface area contributed by atoms with Crippen LogP contribution in [-0.4, -0.2) is 40.3 Å². The highest BCUT2D eigenvalue weighted by molar-refractivity contribution is 5.94. The summed E-state index contributed by atoms with van der Waals surface area (Å²) in [7, 11) is 0. The summed E-state index contributed by atoms with van der Waals surface area (Å²) in [5.41, 5.74) is 3.20. The Bertz CT molecular complexity index is 992. The molecule has 1 aromatic heterocycles. The number of aryl methyl sites for hydroxylation is 2. The SMILES string of the molecule is Cc1cccc(OC2CCN(C(=O)c3ccc(OCc4nonc4C)cc3)CC2)c1. The van der Waals surface area contributed by atoms with E-state index in [1.54, 1.807) is 24.3 Å². The zero-order chi connectivity index (χ0) is 20.9. The summed E-state index contributed by atoms with van der Waals surface area (Å²) in [6.45, 7) is 5.51. The standard InChI is InChI=1S/C23H25N3O4/c1-16-4-3-5-21(14-16)29-20-10-12-26(13-11-20)23(27)18-6-8-19(9-7-18)28-15-22-17(2)24-30-25-22/h3-9,14,20H,10-13,15H2,1-2H3. The fourth-order valence-electron chi connectivity index (χ4n) is 3.47. The van der Waals surface area contributed by atoms with Crippen molar-refractivity contribution in [1.29, 1.82) is 0 Å². The first-order valence-electron chi connectivity index (χ1n) is 10.1. The van der Waals surface area contributed by atoms with Gasteiger partial charge in [-0.2, -0.15) is 0 Å². The van der Waals surface area contributed by atoms with Crippen LogP contribution in [0.25, 0.3) is 0 Å². The van der Waals surface area contributed by atoms with Crippen LogP contribution in [0.5, 0.6) is 11.5 Å². The average molecular weight is 407 g/mol. The summed E-state index contributed by atoms with van der Waals surface area (Å²) in [6, 6.07) is 15.3. The van der Waals surface area contributed by atoms with E-state index in [0.717, 1.165) is 18.6 Å². The highest BCUT2D eigenvalue weighted by atomic mass is 16.6. The van der Waals surface area contributed by atoms with Gasteiger partial charge in [-0.05, 0) is 55.8 Å². The number of nitrogens with zero attached hydrogens (tertiary/aromatic N) is 3. The molecule has 2 heterocycles. The second-order valence-electron chi connectivity index (χ2n) is 7.54. The predicted octanol–water partition coefficient (Wildman–Crippen LogP) is 3.95. The minimum Gasteiger partial charge on any atom is -0.490 e. The van der Waals surface area contributed by atoms with E-state index >= 15 is 0 Å². The van der Waals surface area contributed by atoms with Gasteiger partial charge in [0.25, 0.3) is 5.91 Å². The first-order valence-corrected chi connectivity index (χ1v) is 10.1. The number of rotatable bonds is 6. The molecule has 3 aromatic rings. The van der Waals surface area contributed by atoms with Gasteiger partial charge >= 0.3 is 0 Å². The number of benzene rings is 2. The Morgan fingerprint density at radius 1 is 1.07 bits per heavy atom. The molecule has 2 aromatic carbocycles. The van der Waals surface area contributed by atoms with Crippen LogP contribution in [0.2, 0.25) is 0 Å². The van der Waals surface area contributed by atoms with Crippen molar-refractivity contribution >= 4 is 5.91 Å². The molecule has 0 aliphatic carbocycles. The number of likely N-dealkylation sites (tertiary alicyclic amines) is 1. The van der Waals surface area contributed by atoms with Crippen LogP contribution in [0.3, 0.4) is 0 Å². The van der Waals surface area contributed by atoms with E-state index in [1.165, 1.54) is 5.56 Å². The first kappa shape index (κ1) is 19.9. The van der Waals surface area contributed by atoms with Gasteiger partial charge in [-0.25, -0.2) is 4.63 Å². The van der Waals surface area contributed by atoms with E-state index in [4.69, 9.17) is 9.47 Å². The van der Waals surface area contributed by atoms with Crippen molar-refractivity contribution in [1.82, 2.24) is 15.2 Å². The smallest absolute Gasteiger partial charge is 0.253 e. The molecule has 0 bridgehead atoms. The molecule has 156 valence electrons. The number of piperidine rings is 1. The number of amides is 1. The summed E-state index contributed by atoms with van der Waals surface area (Å²) in [6.07, 6.45) is 1.79. The number of hydrogen-bond acceptors (Lipinski definition) is 6. The minimum atomic E-state index is 0.0344. The molecule has 1 saturated heterocycles. The fourth-order valence-corrected chi connectivity index (χ4v) is 3.47. The zero-order valence-corrected chi connectivity index (χ0v) is 17.2. The summed E-state index contributed by atoms with van der Waals surface area (Å²) < 4.78 is 16.4. The van der Waals surface area contributed by atoms with E-state index < -0.39 is 0 Å². The van der Waals surface area contributed by atoms with Gasteiger partial charge in [-0.1, -0.05) is 22.4 Å². The highest BCUT2D eigenvalue weighted by Gasteiger charge is 2.24. The molecule has 0 spiro atoms. The zero-order valence-electron chi connectivity index (χ0n) is 17.2. The van der Waals surface area contributed by atoms with E-state index in [1.807, 2.05) is 30.0 Å². The van der Waals surface area contributed by atoms with Crippen LogP contribution in [0.15, 0.2) is 53.2 Å². The van der Waals surface area contributed by atoms with E-state index in [2.05, 4.69) is 27.9 Å². The lowest BCUT2D eigenvalue weighted by Gasteiger charge is -2.32. The van der Waals surface area contributed by atoms with Gasteiger partial charge in [0, 0.05) is 31.5 Å². The number of carbonyl (C=O) groups excluding carboxylic acids is 1. The van der Waals surface area contributed by atoms with Crippen molar-refractivity contribution in [2.45, 2.75) is 39.4 Å². The Kier molecular flexibility index (Phi) is 5.97. The maximum absolute atomic E-state index is 12.8. The summed E-state index contributed by atoms with van der Waals surface area (Å²) in [5.74, 6) is 1.60. The van der Waals surface area contributed by atoms with Crippen molar-refractivity contribution in [2.24, 2.45) is 0 Å². The molecule has 0 N–H and O–H groups in total. The Morgan fingerprint density at radius 2 is 1.83 bits per heavy atom. The largest absolute Gasteiger partial charge is 0.490 e. The van der Waals surface area contributed by atoms with E-state index in [9.17, 15) is 4.79 Å². The first-order chi connectivity index (χ1) is 14.6. The molecular formula is C23H25N3O4. The Balaban J connectivity index is 1.28. The van der Waals surface area contributed by atoms with Gasteiger partial charge in [-0.15, -0.1) is 0 Å². The molecule has 0 unspecified atom stereocenters. The van der Waals surface area contributed by atoms with Crippen molar-refractivity contribution in [3.05, 3.63) is 71.0 Å². The number of ether oxygens (including phenoxy) is 2. The van der Waals surface area contributed by atoms with Gasteiger partial charge < -0.3 is 14.4 Å². The van der Waals surface area contributed by atoms with Gasteiger partial charge in [-0.3, -0.25) is 4.79 Å². The molecular weight excluding hydrogens is 382 g/mol. The van der Waals surface area contributed by atoms with Crippen LogP contribution < -0.4 is 9.47 Å². The van der Waals surface area contributed by atoms with Gasteiger partial charge in [0.05, 0.1) is 0 Å². The van der Waals surface area contributed by atoms with Crippen molar-refractivity contribution in [3.8, 4) is 11.5 Å². The van der Waals surface area contributed by atoms with Crippen LogP contribution in [0.4, 0.5) is 0 Å². The summed E-state index contributed by atoms with van der Waals surface area (Å²) >= 11 is 0. The molecule has 30 heavy (non-hydrogen) atoms. The van der Waals surface area contributed by atoms with Crippen LogP contribution in [0.1, 0.15) is 40.2 Å². The molecule has 7 nitrogen and oxygen atoms in total. The Morgan fingerprint density at radius 3 is 2.50 bits per heavy atom. The molecule has 0 saturated carbocycles. The molecule has 0 radical (unpaired) electrons. The highest BCUT2D eigenvalue weighted by Crippen LogP contribution is 2.22. The third kappa shape index (κ3) is 4.79.